The van der Waals surface area contributed by atoms with Crippen LogP contribution in [0, 0.1) is 0 Å². The molecule has 0 saturated carbocycles. The Bertz CT molecular complexity index is 757. The van der Waals surface area contributed by atoms with Gasteiger partial charge in [-0.1, -0.05) is 12.1 Å². The first-order valence-corrected chi connectivity index (χ1v) is 6.68. The van der Waals surface area contributed by atoms with E-state index in [4.69, 9.17) is 4.42 Å². The number of aliphatic hydroxyl groups is 1. The van der Waals surface area contributed by atoms with Crippen LogP contribution in [0.5, 0.6) is 0 Å². The van der Waals surface area contributed by atoms with E-state index in [9.17, 15) is 9.90 Å². The first kappa shape index (κ1) is 13.5. The molecular weight excluding hydrogens is 268 g/mol. The van der Waals surface area contributed by atoms with Crippen LogP contribution >= 0.6 is 0 Å². The van der Waals surface area contributed by atoms with E-state index in [0.29, 0.717) is 11.3 Å². The molecule has 0 aliphatic carbocycles. The quantitative estimate of drug-likeness (QED) is 0.688. The lowest BCUT2D eigenvalue weighted by atomic mass is 10.0. The maximum absolute atomic E-state index is 12.3. The SMILES string of the molecule is CC(O)(CNC(=O)c1cccc2cc[nH]c12)c1ccco1. The van der Waals surface area contributed by atoms with Crippen molar-refractivity contribution in [2.75, 3.05) is 6.54 Å². The van der Waals surface area contributed by atoms with Gasteiger partial charge in [0.1, 0.15) is 11.4 Å². The smallest absolute Gasteiger partial charge is 0.253 e. The third kappa shape index (κ3) is 2.55. The summed E-state index contributed by atoms with van der Waals surface area (Å²) in [7, 11) is 0. The summed E-state index contributed by atoms with van der Waals surface area (Å²) in [6.07, 6.45) is 3.28. The predicted molar refractivity (Wildman–Crippen MR) is 78.9 cm³/mol. The van der Waals surface area contributed by atoms with Crippen LogP contribution in [0.1, 0.15) is 23.0 Å². The zero-order chi connectivity index (χ0) is 14.9. The van der Waals surface area contributed by atoms with Crippen LogP contribution in [0.25, 0.3) is 10.9 Å². The van der Waals surface area contributed by atoms with Gasteiger partial charge in [-0.05, 0) is 31.2 Å². The molecule has 0 spiro atoms. The highest BCUT2D eigenvalue weighted by Crippen LogP contribution is 2.21. The number of carbonyl (C=O) groups is 1. The number of fused-ring (bicyclic) bond motifs is 1. The Morgan fingerprint density at radius 2 is 2.19 bits per heavy atom. The van der Waals surface area contributed by atoms with E-state index in [1.807, 2.05) is 18.2 Å². The molecule has 3 N–H and O–H groups in total. The van der Waals surface area contributed by atoms with E-state index < -0.39 is 5.60 Å². The Labute approximate surface area is 121 Å². The summed E-state index contributed by atoms with van der Waals surface area (Å²) in [5.74, 6) is 0.177. The van der Waals surface area contributed by atoms with E-state index in [1.54, 1.807) is 31.3 Å². The molecule has 2 heterocycles. The molecule has 0 aliphatic heterocycles. The van der Waals surface area contributed by atoms with E-state index >= 15 is 0 Å². The minimum absolute atomic E-state index is 0.0659. The van der Waals surface area contributed by atoms with Crippen molar-refractivity contribution < 1.29 is 14.3 Å². The Kier molecular flexibility index (Phi) is 3.27. The van der Waals surface area contributed by atoms with Gasteiger partial charge in [-0.25, -0.2) is 0 Å². The van der Waals surface area contributed by atoms with Gasteiger partial charge in [0.05, 0.1) is 23.9 Å². The molecule has 0 radical (unpaired) electrons. The lowest BCUT2D eigenvalue weighted by molar-refractivity contribution is 0.0330. The number of para-hydroxylation sites is 1. The summed E-state index contributed by atoms with van der Waals surface area (Å²) in [5.41, 5.74) is 0.0865. The van der Waals surface area contributed by atoms with Gasteiger partial charge in [0, 0.05) is 11.6 Å². The standard InChI is InChI=1S/C16H16N2O3/c1-16(20,13-6-3-9-21-13)10-18-15(19)12-5-2-4-11-7-8-17-14(11)12/h2-9,17,20H,10H2,1H3,(H,18,19). The van der Waals surface area contributed by atoms with Crippen molar-refractivity contribution in [3.8, 4) is 0 Å². The highest BCUT2D eigenvalue weighted by Gasteiger charge is 2.27. The molecule has 1 aromatic carbocycles. The minimum Gasteiger partial charge on any atom is -0.466 e. The van der Waals surface area contributed by atoms with Gasteiger partial charge in [0.25, 0.3) is 5.91 Å². The summed E-state index contributed by atoms with van der Waals surface area (Å²) >= 11 is 0. The number of furan rings is 1. The highest BCUT2D eigenvalue weighted by atomic mass is 16.4. The second-order valence-electron chi connectivity index (χ2n) is 5.18. The summed E-state index contributed by atoms with van der Waals surface area (Å²) < 4.78 is 5.19. The van der Waals surface area contributed by atoms with Crippen LogP contribution in [0.3, 0.4) is 0 Å². The summed E-state index contributed by atoms with van der Waals surface area (Å²) in [4.78, 5) is 15.4. The van der Waals surface area contributed by atoms with Gasteiger partial charge in [0.2, 0.25) is 0 Å². The number of nitrogens with one attached hydrogen (secondary N) is 2. The summed E-state index contributed by atoms with van der Waals surface area (Å²) in [5, 5.41) is 14.0. The Morgan fingerprint density at radius 1 is 1.33 bits per heavy atom. The van der Waals surface area contributed by atoms with Crippen molar-refractivity contribution in [1.82, 2.24) is 10.3 Å². The van der Waals surface area contributed by atoms with Crippen molar-refractivity contribution in [1.29, 1.82) is 0 Å². The summed E-state index contributed by atoms with van der Waals surface area (Å²) in [6, 6.07) is 10.8. The number of hydrogen-bond acceptors (Lipinski definition) is 3. The molecule has 1 amide bonds. The predicted octanol–water partition coefficient (Wildman–Crippen LogP) is 2.40. The lowest BCUT2D eigenvalue weighted by Crippen LogP contribution is -2.38. The first-order chi connectivity index (χ1) is 10.1. The van der Waals surface area contributed by atoms with Crippen molar-refractivity contribution >= 4 is 16.8 Å². The molecule has 0 aliphatic rings. The van der Waals surface area contributed by atoms with Crippen molar-refractivity contribution in [2.45, 2.75) is 12.5 Å². The average Bonchev–Trinajstić information content (AvgIpc) is 3.14. The van der Waals surface area contributed by atoms with Gasteiger partial charge >= 0.3 is 0 Å². The molecule has 3 aromatic rings. The molecule has 1 atom stereocenters. The molecule has 2 aromatic heterocycles. The number of benzene rings is 1. The van der Waals surface area contributed by atoms with Gasteiger partial charge in [-0.3, -0.25) is 4.79 Å². The second-order valence-corrected chi connectivity index (χ2v) is 5.18. The van der Waals surface area contributed by atoms with Crippen LogP contribution in [0.2, 0.25) is 0 Å². The Morgan fingerprint density at radius 3 is 2.95 bits per heavy atom. The third-order valence-corrected chi connectivity index (χ3v) is 3.48. The number of aromatic nitrogens is 1. The zero-order valence-corrected chi connectivity index (χ0v) is 11.6. The molecule has 21 heavy (non-hydrogen) atoms. The Balaban J connectivity index is 1.77. The van der Waals surface area contributed by atoms with Crippen LogP contribution < -0.4 is 5.32 Å². The molecule has 0 bridgehead atoms. The number of rotatable bonds is 4. The maximum atomic E-state index is 12.3. The average molecular weight is 284 g/mol. The number of hydrogen-bond donors (Lipinski definition) is 3. The number of amides is 1. The monoisotopic (exact) mass is 284 g/mol. The second kappa shape index (κ2) is 5.10. The van der Waals surface area contributed by atoms with Crippen LogP contribution in [-0.4, -0.2) is 22.5 Å². The first-order valence-electron chi connectivity index (χ1n) is 6.68. The molecule has 0 saturated heterocycles. The lowest BCUT2D eigenvalue weighted by Gasteiger charge is -2.21. The molecule has 1 unspecified atom stereocenters. The van der Waals surface area contributed by atoms with E-state index in [1.165, 1.54) is 6.26 Å². The normalized spacial score (nSPS) is 14.0. The number of carbonyl (C=O) groups excluding carboxylic acids is 1. The van der Waals surface area contributed by atoms with Gasteiger partial charge in [0.15, 0.2) is 0 Å². The van der Waals surface area contributed by atoms with E-state index in [2.05, 4.69) is 10.3 Å². The highest BCUT2D eigenvalue weighted by molar-refractivity contribution is 6.05. The topological polar surface area (TPSA) is 78.3 Å². The number of H-pyrrole nitrogens is 1. The minimum atomic E-state index is -1.25. The molecule has 108 valence electrons. The fraction of sp³-hybridized carbons (Fsp3) is 0.188. The zero-order valence-electron chi connectivity index (χ0n) is 11.6. The summed E-state index contributed by atoms with van der Waals surface area (Å²) in [6.45, 7) is 1.66. The maximum Gasteiger partial charge on any atom is 0.253 e. The van der Waals surface area contributed by atoms with Crippen LogP contribution in [-0.2, 0) is 5.60 Å². The fourth-order valence-electron chi connectivity index (χ4n) is 2.29. The largest absolute Gasteiger partial charge is 0.466 e. The molecule has 0 fully saturated rings. The van der Waals surface area contributed by atoms with Gasteiger partial charge in [-0.2, -0.15) is 0 Å². The van der Waals surface area contributed by atoms with Crippen molar-refractivity contribution in [3.63, 3.8) is 0 Å². The molecule has 5 heteroatoms. The number of aromatic amines is 1. The molecule has 3 rings (SSSR count). The van der Waals surface area contributed by atoms with Crippen LogP contribution in [0.4, 0.5) is 0 Å². The molecular formula is C16H16N2O3. The Hall–Kier alpha value is -2.53. The van der Waals surface area contributed by atoms with Gasteiger partial charge < -0.3 is 19.8 Å². The van der Waals surface area contributed by atoms with Gasteiger partial charge in [-0.15, -0.1) is 0 Å². The van der Waals surface area contributed by atoms with E-state index in [0.717, 1.165) is 10.9 Å². The van der Waals surface area contributed by atoms with Crippen LogP contribution in [0.15, 0.2) is 53.3 Å². The fourth-order valence-corrected chi connectivity index (χ4v) is 2.29. The molecule has 5 nitrogen and oxygen atoms in total. The van der Waals surface area contributed by atoms with Crippen molar-refractivity contribution in [2.24, 2.45) is 0 Å². The van der Waals surface area contributed by atoms with Crippen molar-refractivity contribution in [3.05, 3.63) is 60.2 Å². The third-order valence-electron chi connectivity index (χ3n) is 3.48. The van der Waals surface area contributed by atoms with E-state index in [-0.39, 0.29) is 12.5 Å².